The summed E-state index contributed by atoms with van der Waals surface area (Å²) >= 11 is 8.24. The Hall–Kier alpha value is -0.760. The molecule has 1 unspecified atom stereocenters. The zero-order valence-electron chi connectivity index (χ0n) is 12.3. The number of alkyl halides is 3. The van der Waals surface area contributed by atoms with Gasteiger partial charge >= 0.3 is 6.18 Å². The summed E-state index contributed by atoms with van der Waals surface area (Å²) in [5.41, 5.74) is 0.841. The Balaban J connectivity index is 2.33. The molecule has 0 amide bonds. The van der Waals surface area contributed by atoms with Crippen molar-refractivity contribution in [3.05, 3.63) is 51.6 Å². The zero-order valence-corrected chi connectivity index (χ0v) is 14.7. The normalized spacial score (nSPS) is 13.6. The summed E-state index contributed by atoms with van der Waals surface area (Å²) in [6.07, 6.45) is -4.48. The van der Waals surface area contributed by atoms with Gasteiger partial charge in [0.05, 0.1) is 8.55 Å². The second-order valence-corrected chi connectivity index (χ2v) is 7.85. The van der Waals surface area contributed by atoms with Gasteiger partial charge in [-0.05, 0) is 48.2 Å². The molecule has 0 radical (unpaired) electrons. The van der Waals surface area contributed by atoms with Crippen molar-refractivity contribution < 1.29 is 17.6 Å². The van der Waals surface area contributed by atoms with Gasteiger partial charge in [-0.25, -0.2) is 8.70 Å². The highest BCUT2D eigenvalue weighted by Gasteiger charge is 2.45. The van der Waals surface area contributed by atoms with Gasteiger partial charge < -0.3 is 0 Å². The standard InChI is InChI=1S/C15H14ClF4NS2/c1-3-21(23-12-8-9(2)14(16)22-12)13(15(18,19)20)10-4-6-11(17)7-5-10/h4-8,13H,3H2,1-2H3. The molecule has 0 aliphatic heterocycles. The summed E-state index contributed by atoms with van der Waals surface area (Å²) in [5.74, 6) is -0.564. The van der Waals surface area contributed by atoms with Crippen LogP contribution >= 0.6 is 34.9 Å². The summed E-state index contributed by atoms with van der Waals surface area (Å²) < 4.78 is 56.2. The summed E-state index contributed by atoms with van der Waals surface area (Å²) in [7, 11) is 0. The van der Waals surface area contributed by atoms with Gasteiger partial charge in [-0.2, -0.15) is 13.2 Å². The van der Waals surface area contributed by atoms with E-state index in [0.717, 1.165) is 29.6 Å². The smallest absolute Gasteiger partial charge is 0.230 e. The molecule has 126 valence electrons. The van der Waals surface area contributed by atoms with Crippen molar-refractivity contribution in [1.29, 1.82) is 0 Å². The van der Waals surface area contributed by atoms with Crippen LogP contribution in [0.1, 0.15) is 24.1 Å². The molecule has 0 saturated carbocycles. The Bertz CT molecular complexity index is 635. The molecular formula is C15H14ClF4NS2. The largest absolute Gasteiger partial charge is 0.408 e. The molecule has 23 heavy (non-hydrogen) atoms. The molecule has 0 fully saturated rings. The Morgan fingerprint density at radius 1 is 1.26 bits per heavy atom. The Morgan fingerprint density at radius 3 is 2.30 bits per heavy atom. The van der Waals surface area contributed by atoms with E-state index < -0.39 is 18.0 Å². The predicted octanol–water partition coefficient (Wildman–Crippen LogP) is 6.48. The monoisotopic (exact) mass is 383 g/mol. The minimum absolute atomic E-state index is 0.00706. The highest BCUT2D eigenvalue weighted by molar-refractivity contribution is 7.99. The van der Waals surface area contributed by atoms with Gasteiger partial charge in [0.25, 0.3) is 0 Å². The van der Waals surface area contributed by atoms with Crippen molar-refractivity contribution >= 4 is 34.9 Å². The van der Waals surface area contributed by atoms with Crippen LogP contribution in [0.2, 0.25) is 4.34 Å². The lowest BCUT2D eigenvalue weighted by atomic mass is 10.1. The van der Waals surface area contributed by atoms with Crippen molar-refractivity contribution in [2.75, 3.05) is 6.54 Å². The molecular weight excluding hydrogens is 370 g/mol. The average molecular weight is 384 g/mol. The number of rotatable bonds is 5. The molecule has 0 N–H and O–H groups in total. The summed E-state index contributed by atoms with van der Waals surface area (Å²) in [5, 5.41) is 0. The van der Waals surface area contributed by atoms with Crippen LogP contribution < -0.4 is 0 Å². The first-order valence-electron chi connectivity index (χ1n) is 6.75. The molecule has 1 nitrogen and oxygen atoms in total. The van der Waals surface area contributed by atoms with Gasteiger partial charge in [0.2, 0.25) is 0 Å². The van der Waals surface area contributed by atoms with Crippen LogP contribution in [0.5, 0.6) is 0 Å². The lowest BCUT2D eigenvalue weighted by Gasteiger charge is -2.31. The Morgan fingerprint density at radius 2 is 1.87 bits per heavy atom. The fraction of sp³-hybridized carbons (Fsp3) is 0.333. The third-order valence-corrected chi connectivity index (χ3v) is 5.96. The molecule has 1 aromatic carbocycles. The van der Waals surface area contributed by atoms with Crippen LogP contribution in [-0.2, 0) is 0 Å². The summed E-state index contributed by atoms with van der Waals surface area (Å²) in [4.78, 5) is 0. The molecule has 8 heteroatoms. The van der Waals surface area contributed by atoms with Crippen molar-refractivity contribution in [3.8, 4) is 0 Å². The molecule has 0 aliphatic rings. The van der Waals surface area contributed by atoms with Gasteiger partial charge in [0, 0.05) is 6.54 Å². The van der Waals surface area contributed by atoms with Crippen LogP contribution in [0.4, 0.5) is 17.6 Å². The Kier molecular flexibility index (Phi) is 5.99. The number of hydrogen-bond donors (Lipinski definition) is 0. The van der Waals surface area contributed by atoms with Gasteiger partial charge in [0.15, 0.2) is 0 Å². The molecule has 2 aromatic rings. The van der Waals surface area contributed by atoms with Crippen molar-refractivity contribution in [1.82, 2.24) is 4.31 Å². The first kappa shape index (κ1) is 18.6. The van der Waals surface area contributed by atoms with Crippen LogP contribution in [0.3, 0.4) is 0 Å². The fourth-order valence-electron chi connectivity index (χ4n) is 2.06. The van der Waals surface area contributed by atoms with Crippen LogP contribution in [-0.4, -0.2) is 17.0 Å². The van der Waals surface area contributed by atoms with E-state index in [1.54, 1.807) is 19.9 Å². The van der Waals surface area contributed by atoms with Crippen LogP contribution in [0, 0.1) is 12.7 Å². The van der Waals surface area contributed by atoms with E-state index in [0.29, 0.717) is 8.55 Å². The van der Waals surface area contributed by atoms with E-state index >= 15 is 0 Å². The first-order valence-corrected chi connectivity index (χ1v) is 8.72. The highest BCUT2D eigenvalue weighted by atomic mass is 35.5. The fourth-order valence-corrected chi connectivity index (χ4v) is 4.75. The molecule has 2 rings (SSSR count). The average Bonchev–Trinajstić information content (AvgIpc) is 2.77. The lowest BCUT2D eigenvalue weighted by molar-refractivity contribution is -0.172. The third-order valence-electron chi connectivity index (χ3n) is 3.14. The van der Waals surface area contributed by atoms with E-state index in [4.69, 9.17) is 11.6 Å². The van der Waals surface area contributed by atoms with E-state index in [9.17, 15) is 17.6 Å². The van der Waals surface area contributed by atoms with Crippen molar-refractivity contribution in [2.24, 2.45) is 0 Å². The predicted molar refractivity (Wildman–Crippen MR) is 87.5 cm³/mol. The van der Waals surface area contributed by atoms with Gasteiger partial charge in [0.1, 0.15) is 11.9 Å². The molecule has 0 saturated heterocycles. The summed E-state index contributed by atoms with van der Waals surface area (Å²) in [6, 6.07) is 4.36. The van der Waals surface area contributed by atoms with E-state index in [1.165, 1.54) is 27.8 Å². The first-order chi connectivity index (χ1) is 10.7. The van der Waals surface area contributed by atoms with Crippen molar-refractivity contribution in [3.63, 3.8) is 0 Å². The minimum atomic E-state index is -4.48. The van der Waals surface area contributed by atoms with E-state index in [2.05, 4.69) is 0 Å². The van der Waals surface area contributed by atoms with E-state index in [-0.39, 0.29) is 12.1 Å². The number of thiophene rings is 1. The number of halogens is 5. The zero-order chi connectivity index (χ0) is 17.2. The minimum Gasteiger partial charge on any atom is -0.230 e. The third kappa shape index (κ3) is 4.62. The number of aryl methyl sites for hydroxylation is 1. The highest BCUT2D eigenvalue weighted by Crippen LogP contribution is 2.45. The molecule has 1 aromatic heterocycles. The number of nitrogens with zero attached hydrogens (tertiary/aromatic N) is 1. The topological polar surface area (TPSA) is 3.24 Å². The summed E-state index contributed by atoms with van der Waals surface area (Å²) in [6.45, 7) is 3.62. The number of benzene rings is 1. The molecule has 0 spiro atoms. The molecule has 1 heterocycles. The van der Waals surface area contributed by atoms with E-state index in [1.807, 2.05) is 0 Å². The number of hydrogen-bond acceptors (Lipinski definition) is 3. The van der Waals surface area contributed by atoms with Gasteiger partial charge in [-0.1, -0.05) is 30.7 Å². The maximum atomic E-state index is 13.6. The maximum absolute atomic E-state index is 13.6. The maximum Gasteiger partial charge on any atom is 0.408 e. The Labute approximate surface area is 145 Å². The quantitative estimate of drug-likeness (QED) is 0.429. The van der Waals surface area contributed by atoms with Crippen LogP contribution in [0.15, 0.2) is 34.5 Å². The molecule has 0 bridgehead atoms. The molecule has 1 atom stereocenters. The second kappa shape index (κ2) is 7.42. The van der Waals surface area contributed by atoms with Gasteiger partial charge in [-0.3, -0.25) is 0 Å². The second-order valence-electron chi connectivity index (χ2n) is 4.84. The SMILES string of the molecule is CCN(Sc1cc(C)c(Cl)s1)C(c1ccc(F)cc1)C(F)(F)F. The van der Waals surface area contributed by atoms with Crippen molar-refractivity contribution in [2.45, 2.75) is 30.3 Å². The lowest BCUT2D eigenvalue weighted by Crippen LogP contribution is -2.34. The van der Waals surface area contributed by atoms with Gasteiger partial charge in [-0.15, -0.1) is 11.3 Å². The molecule has 0 aliphatic carbocycles. The van der Waals surface area contributed by atoms with Crippen LogP contribution in [0.25, 0.3) is 0 Å².